The number of nitrogens with one attached hydrogen (secondary N) is 1. The van der Waals surface area contributed by atoms with E-state index >= 15 is 0 Å². The van der Waals surface area contributed by atoms with E-state index in [1.807, 2.05) is 38.1 Å². The van der Waals surface area contributed by atoms with Crippen LogP contribution in [0.25, 0.3) is 5.65 Å². The summed E-state index contributed by atoms with van der Waals surface area (Å²) in [6.45, 7) is 5.44. The number of piperidine rings is 1. The molecule has 1 aliphatic rings. The van der Waals surface area contributed by atoms with Crippen molar-refractivity contribution < 1.29 is 9.47 Å². The van der Waals surface area contributed by atoms with Crippen LogP contribution in [0.5, 0.6) is 11.5 Å². The van der Waals surface area contributed by atoms with Gasteiger partial charge < -0.3 is 9.47 Å². The molecule has 4 rings (SSSR count). The van der Waals surface area contributed by atoms with Crippen LogP contribution in [0.4, 0.5) is 0 Å². The van der Waals surface area contributed by atoms with Crippen LogP contribution in [0.1, 0.15) is 47.8 Å². The summed E-state index contributed by atoms with van der Waals surface area (Å²) >= 11 is 0. The zero-order chi connectivity index (χ0) is 20.5. The number of aryl methyl sites for hydroxylation is 1. The van der Waals surface area contributed by atoms with E-state index in [-0.39, 0.29) is 11.6 Å². The van der Waals surface area contributed by atoms with Gasteiger partial charge in [-0.3, -0.25) is 14.8 Å². The van der Waals surface area contributed by atoms with E-state index in [0.29, 0.717) is 11.2 Å². The molecule has 3 aromatic rings. The van der Waals surface area contributed by atoms with Crippen molar-refractivity contribution in [3.63, 3.8) is 0 Å². The summed E-state index contributed by atoms with van der Waals surface area (Å²) in [5, 5.41) is 3.31. The number of methoxy groups -OCH3 is 2. The Labute approximate surface area is 170 Å². The Bertz CT molecular complexity index is 1090. The van der Waals surface area contributed by atoms with Crippen molar-refractivity contribution >= 4 is 5.65 Å². The zero-order valence-corrected chi connectivity index (χ0v) is 17.5. The first-order valence-electron chi connectivity index (χ1n) is 10.1. The third kappa shape index (κ3) is 3.62. The predicted octanol–water partition coefficient (Wildman–Crippen LogP) is 3.38. The lowest BCUT2D eigenvalue weighted by atomic mass is 9.98. The second-order valence-electron chi connectivity index (χ2n) is 7.69. The molecule has 1 fully saturated rings. The van der Waals surface area contributed by atoms with Gasteiger partial charge in [0, 0.05) is 29.4 Å². The number of H-pyrrole nitrogens is 1. The maximum absolute atomic E-state index is 12.6. The number of aromatic nitrogens is 3. The molecule has 0 aliphatic carbocycles. The second kappa shape index (κ2) is 7.91. The van der Waals surface area contributed by atoms with E-state index < -0.39 is 0 Å². The van der Waals surface area contributed by atoms with Gasteiger partial charge in [0.05, 0.1) is 26.0 Å². The highest BCUT2D eigenvalue weighted by molar-refractivity contribution is 5.43. The first-order valence-corrected chi connectivity index (χ1v) is 10.1. The van der Waals surface area contributed by atoms with Crippen molar-refractivity contribution in [2.45, 2.75) is 45.7 Å². The summed E-state index contributed by atoms with van der Waals surface area (Å²) in [4.78, 5) is 19.6. The quantitative estimate of drug-likeness (QED) is 0.716. The van der Waals surface area contributed by atoms with Gasteiger partial charge in [-0.25, -0.2) is 9.50 Å². The number of ether oxygens (including phenoxy) is 2. The first kappa shape index (κ1) is 19.5. The van der Waals surface area contributed by atoms with E-state index in [2.05, 4.69) is 15.0 Å². The van der Waals surface area contributed by atoms with Crippen LogP contribution in [-0.4, -0.2) is 40.3 Å². The minimum absolute atomic E-state index is 0.0319. The van der Waals surface area contributed by atoms with Gasteiger partial charge in [0.2, 0.25) is 0 Å². The highest BCUT2D eigenvalue weighted by Crippen LogP contribution is 2.34. The summed E-state index contributed by atoms with van der Waals surface area (Å²) in [5.41, 5.74) is 4.23. The van der Waals surface area contributed by atoms with Gasteiger partial charge in [-0.15, -0.1) is 0 Å². The maximum atomic E-state index is 12.6. The second-order valence-corrected chi connectivity index (χ2v) is 7.69. The molecular weight excluding hydrogens is 368 g/mol. The lowest BCUT2D eigenvalue weighted by Crippen LogP contribution is -2.33. The van der Waals surface area contributed by atoms with Crippen molar-refractivity contribution in [2.75, 3.05) is 20.8 Å². The monoisotopic (exact) mass is 396 g/mol. The molecule has 1 N–H and O–H groups in total. The number of hydrogen-bond acceptors (Lipinski definition) is 5. The summed E-state index contributed by atoms with van der Waals surface area (Å²) in [6.07, 6.45) is 3.34. The molecule has 2 aromatic heterocycles. The van der Waals surface area contributed by atoms with E-state index in [9.17, 15) is 4.79 Å². The van der Waals surface area contributed by atoms with Gasteiger partial charge in [0.1, 0.15) is 11.5 Å². The zero-order valence-electron chi connectivity index (χ0n) is 17.5. The molecule has 1 unspecified atom stereocenters. The fraction of sp³-hybridized carbons (Fsp3) is 0.455. The van der Waals surface area contributed by atoms with Gasteiger partial charge in [0.15, 0.2) is 5.65 Å². The van der Waals surface area contributed by atoms with Gasteiger partial charge >= 0.3 is 0 Å². The molecule has 1 aromatic carbocycles. The molecule has 1 saturated heterocycles. The number of hydrogen-bond donors (Lipinski definition) is 1. The van der Waals surface area contributed by atoms with Crippen LogP contribution in [0.15, 0.2) is 29.1 Å². The summed E-state index contributed by atoms with van der Waals surface area (Å²) < 4.78 is 12.5. The van der Waals surface area contributed by atoms with Crippen LogP contribution in [0, 0.1) is 13.8 Å². The molecule has 0 spiro atoms. The van der Waals surface area contributed by atoms with Gasteiger partial charge in [0.25, 0.3) is 5.56 Å². The lowest BCUT2D eigenvalue weighted by molar-refractivity contribution is 0.135. The highest BCUT2D eigenvalue weighted by atomic mass is 16.5. The molecule has 0 amide bonds. The van der Waals surface area contributed by atoms with E-state index in [1.54, 1.807) is 18.7 Å². The number of benzene rings is 1. The largest absolute Gasteiger partial charge is 0.497 e. The smallest absolute Gasteiger partial charge is 0.275 e. The molecule has 7 heteroatoms. The minimum atomic E-state index is -0.0319. The van der Waals surface area contributed by atoms with Crippen LogP contribution in [-0.2, 0) is 6.54 Å². The van der Waals surface area contributed by atoms with E-state index in [0.717, 1.165) is 60.8 Å². The fourth-order valence-electron chi connectivity index (χ4n) is 4.16. The molecular formula is C22H28N4O3. The molecule has 3 heterocycles. The van der Waals surface area contributed by atoms with Crippen molar-refractivity contribution in [3.8, 4) is 11.5 Å². The molecule has 0 radical (unpaired) electrons. The summed E-state index contributed by atoms with van der Waals surface area (Å²) in [5.74, 6) is 1.68. The number of fused-ring (bicyclic) bond motifs is 1. The lowest BCUT2D eigenvalue weighted by Gasteiger charge is -2.35. The Balaban J connectivity index is 1.69. The Hall–Kier alpha value is -2.80. The van der Waals surface area contributed by atoms with Crippen LogP contribution >= 0.6 is 0 Å². The third-order valence-electron chi connectivity index (χ3n) is 5.94. The van der Waals surface area contributed by atoms with Crippen molar-refractivity contribution in [1.29, 1.82) is 0 Å². The molecule has 154 valence electrons. The van der Waals surface area contributed by atoms with E-state index in [1.165, 1.54) is 0 Å². The van der Waals surface area contributed by atoms with Gasteiger partial charge in [-0.2, -0.15) is 0 Å². The molecule has 0 bridgehead atoms. The Morgan fingerprint density at radius 1 is 1.17 bits per heavy atom. The fourth-order valence-corrected chi connectivity index (χ4v) is 4.16. The molecule has 1 atom stereocenters. The van der Waals surface area contributed by atoms with Gasteiger partial charge in [-0.05, 0) is 51.4 Å². The summed E-state index contributed by atoms with van der Waals surface area (Å²) in [7, 11) is 3.37. The molecule has 0 saturated carbocycles. The Morgan fingerprint density at radius 2 is 2.00 bits per heavy atom. The standard InChI is InChI=1S/C22H28N4O3/c1-14-15(2)23-21-12-18(24-26(21)22(14)27)19-7-5-6-10-25(19)13-16-11-17(28-3)8-9-20(16)29-4/h8-9,11-12,19,24H,5-7,10,13H2,1-4H3. The van der Waals surface area contributed by atoms with Crippen molar-refractivity contribution in [2.24, 2.45) is 0 Å². The molecule has 1 aliphatic heterocycles. The van der Waals surface area contributed by atoms with Crippen molar-refractivity contribution in [1.82, 2.24) is 19.5 Å². The minimum Gasteiger partial charge on any atom is -0.497 e. The van der Waals surface area contributed by atoms with Crippen molar-refractivity contribution in [3.05, 3.63) is 57.1 Å². The highest BCUT2D eigenvalue weighted by Gasteiger charge is 2.27. The van der Waals surface area contributed by atoms with E-state index in [4.69, 9.17) is 9.47 Å². The topological polar surface area (TPSA) is 71.9 Å². The average molecular weight is 396 g/mol. The number of rotatable bonds is 5. The third-order valence-corrected chi connectivity index (χ3v) is 5.94. The SMILES string of the molecule is COc1ccc(OC)c(CN2CCCCC2c2cc3nc(C)c(C)c(=O)n3[nH]2)c1. The van der Waals surface area contributed by atoms with Gasteiger partial charge in [-0.1, -0.05) is 6.42 Å². The van der Waals surface area contributed by atoms with Crippen LogP contribution in [0.2, 0.25) is 0 Å². The summed E-state index contributed by atoms with van der Waals surface area (Å²) in [6, 6.07) is 8.11. The predicted molar refractivity (Wildman–Crippen MR) is 112 cm³/mol. The Kier molecular flexibility index (Phi) is 5.32. The number of aromatic amines is 1. The van der Waals surface area contributed by atoms with Crippen LogP contribution in [0.3, 0.4) is 0 Å². The Morgan fingerprint density at radius 3 is 2.76 bits per heavy atom. The molecule has 7 nitrogen and oxygen atoms in total. The number of nitrogens with zero attached hydrogens (tertiary/aromatic N) is 3. The first-order chi connectivity index (χ1) is 14.0. The maximum Gasteiger partial charge on any atom is 0.275 e. The average Bonchev–Trinajstić information content (AvgIpc) is 3.16. The normalized spacial score (nSPS) is 17.6. The molecule has 29 heavy (non-hydrogen) atoms. The van der Waals surface area contributed by atoms with Crippen LogP contribution < -0.4 is 15.0 Å². The number of likely N-dealkylation sites (tertiary alicyclic amines) is 1.